The van der Waals surface area contributed by atoms with Gasteiger partial charge in [-0.1, -0.05) is 6.07 Å². The van der Waals surface area contributed by atoms with Crippen LogP contribution in [0.5, 0.6) is 5.75 Å². The first-order chi connectivity index (χ1) is 9.54. The summed E-state index contributed by atoms with van der Waals surface area (Å²) in [5, 5.41) is 9.99. The number of anilines is 2. The van der Waals surface area contributed by atoms with E-state index in [1.165, 1.54) is 12.1 Å². The van der Waals surface area contributed by atoms with Crippen molar-refractivity contribution in [2.45, 2.75) is 13.0 Å². The van der Waals surface area contributed by atoms with Gasteiger partial charge >= 0.3 is 0 Å². The molecule has 1 N–H and O–H groups in total. The fourth-order valence-corrected chi connectivity index (χ4v) is 2.23. The monoisotopic (exact) mass is 275 g/mol. The summed E-state index contributed by atoms with van der Waals surface area (Å²) in [6.45, 7) is 1.69. The van der Waals surface area contributed by atoms with Crippen LogP contribution in [0.1, 0.15) is 18.6 Å². The lowest BCUT2D eigenvalue weighted by Crippen LogP contribution is -2.13. The summed E-state index contributed by atoms with van der Waals surface area (Å²) < 4.78 is 18.3. The Morgan fingerprint density at radius 1 is 1.15 bits per heavy atom. The molecule has 0 aliphatic carbocycles. The topological polar surface area (TPSA) is 32.7 Å². The van der Waals surface area contributed by atoms with Gasteiger partial charge in [0.1, 0.15) is 11.6 Å². The molecule has 0 aliphatic rings. The zero-order chi connectivity index (χ0) is 14.7. The maximum atomic E-state index is 13.0. The molecule has 4 heteroatoms. The van der Waals surface area contributed by atoms with Crippen molar-refractivity contribution in [2.75, 3.05) is 19.1 Å². The lowest BCUT2D eigenvalue weighted by Gasteiger charge is -2.25. The Bertz CT molecular complexity index is 582. The molecule has 0 saturated heterocycles. The highest BCUT2D eigenvalue weighted by Gasteiger charge is 2.17. The van der Waals surface area contributed by atoms with Gasteiger partial charge in [0.25, 0.3) is 0 Å². The summed E-state index contributed by atoms with van der Waals surface area (Å²) >= 11 is 0. The van der Waals surface area contributed by atoms with E-state index in [0.717, 1.165) is 11.4 Å². The molecule has 0 amide bonds. The molecular weight excluding hydrogens is 257 g/mol. The van der Waals surface area contributed by atoms with Crippen LogP contribution < -0.4 is 9.64 Å². The third-order valence-electron chi connectivity index (χ3n) is 3.26. The summed E-state index contributed by atoms with van der Waals surface area (Å²) in [5.74, 6) is 0.356. The molecule has 0 fully saturated rings. The smallest absolute Gasteiger partial charge is 0.126 e. The number of rotatable bonds is 4. The lowest BCUT2D eigenvalue weighted by atomic mass is 10.1. The van der Waals surface area contributed by atoms with Gasteiger partial charge < -0.3 is 14.7 Å². The Hall–Kier alpha value is -2.07. The molecule has 106 valence electrons. The Kier molecular flexibility index (Phi) is 4.25. The summed E-state index contributed by atoms with van der Waals surface area (Å²) in [5.41, 5.74) is 2.37. The number of halogens is 1. The Balaban J connectivity index is 2.48. The van der Waals surface area contributed by atoms with Crippen LogP contribution in [0.4, 0.5) is 15.8 Å². The molecule has 0 heterocycles. The highest BCUT2D eigenvalue weighted by atomic mass is 19.1. The largest absolute Gasteiger partial charge is 0.496 e. The van der Waals surface area contributed by atoms with Crippen LogP contribution in [-0.2, 0) is 0 Å². The molecule has 2 aromatic carbocycles. The van der Waals surface area contributed by atoms with Crippen molar-refractivity contribution in [2.24, 2.45) is 0 Å². The van der Waals surface area contributed by atoms with E-state index in [1.807, 2.05) is 30.1 Å². The second-order valence-electron chi connectivity index (χ2n) is 4.60. The molecule has 3 nitrogen and oxygen atoms in total. The van der Waals surface area contributed by atoms with Crippen LogP contribution in [-0.4, -0.2) is 19.3 Å². The first-order valence-corrected chi connectivity index (χ1v) is 6.39. The maximum absolute atomic E-state index is 13.0. The maximum Gasteiger partial charge on any atom is 0.126 e. The molecule has 0 saturated carbocycles. The number of nitrogens with zero attached hydrogens (tertiary/aromatic N) is 1. The van der Waals surface area contributed by atoms with Crippen molar-refractivity contribution < 1.29 is 14.2 Å². The third kappa shape index (κ3) is 2.75. The quantitative estimate of drug-likeness (QED) is 0.924. The third-order valence-corrected chi connectivity index (χ3v) is 3.26. The number of aliphatic hydroxyl groups excluding tert-OH is 1. The van der Waals surface area contributed by atoms with E-state index in [-0.39, 0.29) is 5.82 Å². The van der Waals surface area contributed by atoms with Crippen molar-refractivity contribution in [1.29, 1.82) is 0 Å². The summed E-state index contributed by atoms with van der Waals surface area (Å²) in [6, 6.07) is 11.8. The molecule has 0 bridgehead atoms. The number of hydrogen-bond donors (Lipinski definition) is 1. The van der Waals surface area contributed by atoms with Crippen molar-refractivity contribution in [3.05, 3.63) is 53.8 Å². The lowest BCUT2D eigenvalue weighted by molar-refractivity contribution is 0.195. The van der Waals surface area contributed by atoms with E-state index in [9.17, 15) is 9.50 Å². The minimum atomic E-state index is -0.663. The minimum absolute atomic E-state index is 0.274. The molecule has 0 spiro atoms. The molecule has 0 aliphatic heterocycles. The van der Waals surface area contributed by atoms with Gasteiger partial charge in [0.05, 0.1) is 18.9 Å². The highest BCUT2D eigenvalue weighted by Crippen LogP contribution is 2.36. The van der Waals surface area contributed by atoms with Crippen LogP contribution in [0.2, 0.25) is 0 Å². The van der Waals surface area contributed by atoms with Gasteiger partial charge in [0.2, 0.25) is 0 Å². The molecule has 2 aromatic rings. The van der Waals surface area contributed by atoms with Crippen LogP contribution in [0, 0.1) is 5.82 Å². The van der Waals surface area contributed by atoms with E-state index >= 15 is 0 Å². The van der Waals surface area contributed by atoms with E-state index in [1.54, 1.807) is 26.2 Å². The fourth-order valence-electron chi connectivity index (χ4n) is 2.23. The average Bonchev–Trinajstić information content (AvgIpc) is 2.46. The number of methoxy groups -OCH3 is 1. The number of benzene rings is 2. The summed E-state index contributed by atoms with van der Waals surface area (Å²) in [6.07, 6.45) is -0.663. The number of hydrogen-bond acceptors (Lipinski definition) is 3. The Labute approximate surface area is 118 Å². The molecule has 0 radical (unpaired) electrons. The van der Waals surface area contributed by atoms with Gasteiger partial charge in [0.15, 0.2) is 0 Å². The molecule has 1 atom stereocenters. The van der Waals surface area contributed by atoms with Gasteiger partial charge in [0, 0.05) is 18.3 Å². The van der Waals surface area contributed by atoms with Crippen molar-refractivity contribution in [3.63, 3.8) is 0 Å². The second-order valence-corrected chi connectivity index (χ2v) is 4.60. The van der Waals surface area contributed by atoms with Crippen LogP contribution in [0.3, 0.4) is 0 Å². The average molecular weight is 275 g/mol. The Morgan fingerprint density at radius 2 is 1.80 bits per heavy atom. The molecule has 20 heavy (non-hydrogen) atoms. The summed E-state index contributed by atoms with van der Waals surface area (Å²) in [4.78, 5) is 1.89. The SMILES string of the molecule is COc1cccc(N(C)c2ccc(F)cc2)c1[C@@H](C)O. The highest BCUT2D eigenvalue weighted by molar-refractivity contribution is 5.69. The van der Waals surface area contributed by atoms with Gasteiger partial charge in [-0.25, -0.2) is 4.39 Å². The van der Waals surface area contributed by atoms with Gasteiger partial charge in [-0.3, -0.25) is 0 Å². The van der Waals surface area contributed by atoms with Crippen LogP contribution in [0.25, 0.3) is 0 Å². The predicted octanol–water partition coefficient (Wildman–Crippen LogP) is 3.66. The fraction of sp³-hybridized carbons (Fsp3) is 0.250. The molecular formula is C16H18FNO2. The molecule has 0 aromatic heterocycles. The van der Waals surface area contributed by atoms with Crippen molar-refractivity contribution in [3.8, 4) is 5.75 Å². The zero-order valence-corrected chi connectivity index (χ0v) is 11.8. The van der Waals surface area contributed by atoms with Crippen molar-refractivity contribution in [1.82, 2.24) is 0 Å². The van der Waals surface area contributed by atoms with E-state index in [0.29, 0.717) is 11.3 Å². The number of ether oxygens (including phenoxy) is 1. The standard InChI is InChI=1S/C16H18FNO2/c1-11(19)16-14(5-4-6-15(16)20-3)18(2)13-9-7-12(17)8-10-13/h4-11,19H,1-3H3/t11-/m1/s1. The van der Waals surface area contributed by atoms with E-state index < -0.39 is 6.10 Å². The second kappa shape index (κ2) is 5.92. The van der Waals surface area contributed by atoms with Gasteiger partial charge in [-0.15, -0.1) is 0 Å². The summed E-state index contributed by atoms with van der Waals surface area (Å²) in [7, 11) is 3.44. The first kappa shape index (κ1) is 14.3. The van der Waals surface area contributed by atoms with Crippen LogP contribution in [0.15, 0.2) is 42.5 Å². The zero-order valence-electron chi connectivity index (χ0n) is 11.8. The van der Waals surface area contributed by atoms with Crippen molar-refractivity contribution >= 4 is 11.4 Å². The van der Waals surface area contributed by atoms with E-state index in [2.05, 4.69) is 0 Å². The molecule has 2 rings (SSSR count). The number of aliphatic hydroxyl groups is 1. The van der Waals surface area contributed by atoms with E-state index in [4.69, 9.17) is 4.74 Å². The predicted molar refractivity (Wildman–Crippen MR) is 78.1 cm³/mol. The minimum Gasteiger partial charge on any atom is -0.496 e. The normalized spacial score (nSPS) is 12.1. The Morgan fingerprint density at radius 3 is 2.35 bits per heavy atom. The van der Waals surface area contributed by atoms with Gasteiger partial charge in [-0.05, 0) is 43.3 Å². The molecule has 0 unspecified atom stereocenters. The first-order valence-electron chi connectivity index (χ1n) is 6.39. The van der Waals surface area contributed by atoms with Crippen LogP contribution >= 0.6 is 0 Å². The van der Waals surface area contributed by atoms with Gasteiger partial charge in [-0.2, -0.15) is 0 Å².